The number of hydrogen-bond donors (Lipinski definition) is 1. The summed E-state index contributed by atoms with van der Waals surface area (Å²) in [6.45, 7) is 6.83. The second kappa shape index (κ2) is 12.1. The maximum atomic E-state index is 12.8. The van der Waals surface area contributed by atoms with Crippen molar-refractivity contribution in [2.75, 3.05) is 18.4 Å². The minimum atomic E-state index is -0.540. The molecule has 1 fully saturated rings. The number of aromatic nitrogens is 4. The summed E-state index contributed by atoms with van der Waals surface area (Å²) in [5.41, 5.74) is 3.19. The first kappa shape index (κ1) is 27.1. The maximum absolute atomic E-state index is 12.8. The number of nitrogens with zero attached hydrogens (tertiary/aromatic N) is 5. The van der Waals surface area contributed by atoms with Gasteiger partial charge in [-0.25, -0.2) is 9.78 Å². The van der Waals surface area contributed by atoms with Crippen LogP contribution in [0.4, 0.5) is 10.5 Å². The Morgan fingerprint density at radius 1 is 1.00 bits per heavy atom. The number of hydrogen-bond acceptors (Lipinski definition) is 8. The van der Waals surface area contributed by atoms with Gasteiger partial charge in [-0.05, 0) is 81.5 Å². The fraction of sp³-hybridized carbons (Fsp3) is 0.323. The van der Waals surface area contributed by atoms with Crippen LogP contribution >= 0.6 is 0 Å². The van der Waals surface area contributed by atoms with E-state index in [4.69, 9.17) is 14.5 Å². The summed E-state index contributed by atoms with van der Waals surface area (Å²) in [5, 5.41) is 3.42. The third-order valence-corrected chi connectivity index (χ3v) is 6.48. The van der Waals surface area contributed by atoms with Crippen LogP contribution < -0.4 is 10.1 Å². The molecule has 4 heterocycles. The number of carbonyl (C=O) groups is 1. The fourth-order valence-electron chi connectivity index (χ4n) is 4.56. The van der Waals surface area contributed by atoms with Crippen LogP contribution in [0.15, 0.2) is 79.5 Å². The molecule has 0 bridgehead atoms. The summed E-state index contributed by atoms with van der Waals surface area (Å²) in [5.74, 6) is 1.57. The Hall–Kier alpha value is -4.53. The van der Waals surface area contributed by atoms with Crippen LogP contribution in [-0.2, 0) is 11.2 Å². The number of carbonyl (C=O) groups excluding carboxylic acids is 1. The molecule has 206 valence electrons. The molecule has 0 spiro atoms. The predicted octanol–water partition coefficient (Wildman–Crippen LogP) is 6.13. The summed E-state index contributed by atoms with van der Waals surface area (Å²) in [4.78, 5) is 32.2. The fourth-order valence-corrected chi connectivity index (χ4v) is 4.56. The number of amides is 1. The lowest BCUT2D eigenvalue weighted by molar-refractivity contribution is 0.0235. The smallest absolute Gasteiger partial charge is 0.410 e. The number of rotatable bonds is 8. The molecule has 40 heavy (non-hydrogen) atoms. The normalized spacial score (nSPS) is 15.1. The van der Waals surface area contributed by atoms with E-state index in [-0.39, 0.29) is 12.1 Å². The average molecular weight is 539 g/mol. The lowest BCUT2D eigenvalue weighted by Gasteiger charge is -2.29. The number of ether oxygens (including phenoxy) is 2. The Morgan fingerprint density at radius 2 is 1.77 bits per heavy atom. The van der Waals surface area contributed by atoms with Gasteiger partial charge in [-0.2, -0.15) is 4.98 Å². The van der Waals surface area contributed by atoms with Crippen molar-refractivity contribution >= 4 is 11.8 Å². The molecule has 1 aliphatic heterocycles. The average Bonchev–Trinajstić information content (AvgIpc) is 3.43. The van der Waals surface area contributed by atoms with Crippen LogP contribution in [0.2, 0.25) is 0 Å². The highest BCUT2D eigenvalue weighted by Crippen LogP contribution is 2.30. The van der Waals surface area contributed by atoms with Crippen molar-refractivity contribution in [3.63, 3.8) is 0 Å². The van der Waals surface area contributed by atoms with E-state index in [9.17, 15) is 4.79 Å². The summed E-state index contributed by atoms with van der Waals surface area (Å²) in [6.07, 6.45) is 11.1. The molecule has 1 amide bonds. The van der Waals surface area contributed by atoms with Crippen molar-refractivity contribution in [1.82, 2.24) is 24.8 Å². The topological polar surface area (TPSA) is 102 Å². The number of likely N-dealkylation sites (tertiary alicyclic amines) is 1. The molecule has 4 aromatic rings. The Bertz CT molecular complexity index is 1410. The van der Waals surface area contributed by atoms with Crippen LogP contribution in [-0.4, -0.2) is 55.7 Å². The maximum Gasteiger partial charge on any atom is 0.410 e. The quantitative estimate of drug-likeness (QED) is 0.286. The van der Waals surface area contributed by atoms with Crippen LogP contribution in [0.25, 0.3) is 11.4 Å². The van der Waals surface area contributed by atoms with Crippen molar-refractivity contribution in [2.45, 2.75) is 51.7 Å². The van der Waals surface area contributed by atoms with Gasteiger partial charge in [-0.1, -0.05) is 18.2 Å². The number of anilines is 1. The van der Waals surface area contributed by atoms with Crippen molar-refractivity contribution in [1.29, 1.82) is 0 Å². The molecule has 1 saturated heterocycles. The molecule has 0 unspecified atom stereocenters. The molecule has 1 atom stereocenters. The van der Waals surface area contributed by atoms with Crippen molar-refractivity contribution < 1.29 is 14.3 Å². The Labute approximate surface area is 234 Å². The molecule has 1 aromatic carbocycles. The molecule has 9 nitrogen and oxygen atoms in total. The third kappa shape index (κ3) is 7.11. The van der Waals surface area contributed by atoms with Crippen molar-refractivity contribution in [3.05, 3.63) is 90.6 Å². The van der Waals surface area contributed by atoms with Gasteiger partial charge in [0.25, 0.3) is 0 Å². The molecule has 9 heteroatoms. The minimum absolute atomic E-state index is 0.00698. The third-order valence-electron chi connectivity index (χ3n) is 6.48. The first-order chi connectivity index (χ1) is 19.3. The molecule has 1 aliphatic rings. The van der Waals surface area contributed by atoms with Gasteiger partial charge in [0.05, 0.1) is 12.2 Å². The highest BCUT2D eigenvalue weighted by atomic mass is 16.6. The van der Waals surface area contributed by atoms with E-state index in [1.165, 1.54) is 0 Å². The number of pyridine rings is 2. The second-order valence-corrected chi connectivity index (χ2v) is 10.8. The standard InChI is InChI=1S/C31H34N6O3/c1-31(2,3)40-30(38)37-16-6-9-25(37)20-34-27-21-35-28(24-8-5-15-33-19-24)36-29(27)39-26-12-10-22(11-13-26)17-23-7-4-14-32-18-23/h4-5,7-8,10-15,18-19,21,25,34H,6,9,16-17,20H2,1-3H3/t25-/m0/s1. The zero-order valence-electron chi connectivity index (χ0n) is 23.1. The van der Waals surface area contributed by atoms with Gasteiger partial charge < -0.3 is 19.7 Å². The van der Waals surface area contributed by atoms with Gasteiger partial charge in [-0.15, -0.1) is 0 Å². The molecule has 1 N–H and O–H groups in total. The summed E-state index contributed by atoms with van der Waals surface area (Å²) < 4.78 is 11.9. The Morgan fingerprint density at radius 3 is 2.48 bits per heavy atom. The van der Waals surface area contributed by atoms with E-state index in [2.05, 4.69) is 26.3 Å². The van der Waals surface area contributed by atoms with Crippen molar-refractivity contribution in [2.24, 2.45) is 0 Å². The molecular formula is C31H34N6O3. The van der Waals surface area contributed by atoms with Gasteiger partial charge in [-0.3, -0.25) is 9.97 Å². The predicted molar refractivity (Wildman–Crippen MR) is 153 cm³/mol. The zero-order chi connectivity index (χ0) is 28.0. The summed E-state index contributed by atoms with van der Waals surface area (Å²) >= 11 is 0. The number of nitrogens with one attached hydrogen (secondary N) is 1. The first-order valence-corrected chi connectivity index (χ1v) is 13.5. The second-order valence-electron chi connectivity index (χ2n) is 10.8. The largest absolute Gasteiger partial charge is 0.444 e. The SMILES string of the molecule is CC(C)(C)OC(=O)N1CCC[C@H]1CNc1cnc(-c2cccnc2)nc1Oc1ccc(Cc2cccnc2)cc1. The first-order valence-electron chi connectivity index (χ1n) is 13.5. The van der Waals surface area contributed by atoms with Crippen LogP contribution in [0.1, 0.15) is 44.7 Å². The Balaban J connectivity index is 1.33. The lowest BCUT2D eigenvalue weighted by atomic mass is 10.1. The van der Waals surface area contributed by atoms with Crippen molar-refractivity contribution in [3.8, 4) is 23.0 Å². The Kier molecular flexibility index (Phi) is 8.19. The highest BCUT2D eigenvalue weighted by molar-refractivity contribution is 5.69. The zero-order valence-corrected chi connectivity index (χ0v) is 23.1. The van der Waals surface area contributed by atoms with E-state index in [1.807, 2.05) is 69.4 Å². The lowest BCUT2D eigenvalue weighted by Crippen LogP contribution is -2.42. The number of benzene rings is 1. The van der Waals surface area contributed by atoms with E-state index in [1.54, 1.807) is 29.7 Å². The van der Waals surface area contributed by atoms with Gasteiger partial charge in [0, 0.05) is 43.4 Å². The minimum Gasteiger partial charge on any atom is -0.444 e. The summed E-state index contributed by atoms with van der Waals surface area (Å²) in [7, 11) is 0. The summed E-state index contributed by atoms with van der Waals surface area (Å²) in [6, 6.07) is 15.7. The van der Waals surface area contributed by atoms with E-state index >= 15 is 0 Å². The van der Waals surface area contributed by atoms with Gasteiger partial charge >= 0.3 is 6.09 Å². The van der Waals surface area contributed by atoms with Gasteiger partial charge in [0.1, 0.15) is 17.0 Å². The highest BCUT2D eigenvalue weighted by Gasteiger charge is 2.32. The van der Waals surface area contributed by atoms with Crippen LogP contribution in [0.5, 0.6) is 11.6 Å². The molecule has 0 aliphatic carbocycles. The van der Waals surface area contributed by atoms with Crippen LogP contribution in [0, 0.1) is 0 Å². The van der Waals surface area contributed by atoms with E-state index in [0.717, 1.165) is 36.0 Å². The van der Waals surface area contributed by atoms with Crippen LogP contribution in [0.3, 0.4) is 0 Å². The molecule has 0 saturated carbocycles. The van der Waals surface area contributed by atoms with Gasteiger partial charge in [0.15, 0.2) is 5.82 Å². The molecule has 0 radical (unpaired) electrons. The van der Waals surface area contributed by atoms with Gasteiger partial charge in [0.2, 0.25) is 5.88 Å². The molecular weight excluding hydrogens is 504 g/mol. The monoisotopic (exact) mass is 538 g/mol. The molecule has 3 aromatic heterocycles. The van der Waals surface area contributed by atoms with E-state index in [0.29, 0.717) is 36.2 Å². The van der Waals surface area contributed by atoms with E-state index < -0.39 is 5.60 Å². The molecule has 5 rings (SSSR count).